The number of rotatable bonds is 14. The van der Waals surface area contributed by atoms with Crippen LogP contribution < -0.4 is 16.8 Å². The van der Waals surface area contributed by atoms with E-state index >= 15 is 0 Å². The average molecular weight is 666 g/mol. The van der Waals surface area contributed by atoms with Gasteiger partial charge in [0.05, 0.1) is 6.04 Å². The Bertz CT molecular complexity index is 1090. The maximum Gasteiger partial charge on any atom is 0.408 e. The van der Waals surface area contributed by atoms with Crippen molar-refractivity contribution in [3.8, 4) is 0 Å². The summed E-state index contributed by atoms with van der Waals surface area (Å²) in [4.78, 5) is 57.7. The third-order valence-electron chi connectivity index (χ3n) is 5.18. The molecule has 2 unspecified atom stereocenters. The van der Waals surface area contributed by atoms with Crippen LogP contribution in [0.25, 0.3) is 0 Å². The van der Waals surface area contributed by atoms with E-state index in [0.717, 1.165) is 10.8 Å². The van der Waals surface area contributed by atoms with Crippen molar-refractivity contribution in [1.82, 2.24) is 5.32 Å². The number of benzene rings is 1. The second-order valence-corrected chi connectivity index (χ2v) is 14.4. The number of carboxylic acids is 2. The molecule has 0 saturated carbocycles. The molecule has 0 aromatic heterocycles. The number of nitrogens with one attached hydrogen (secondary N) is 1. The summed E-state index contributed by atoms with van der Waals surface area (Å²) >= 11 is 6.04. The van der Waals surface area contributed by atoms with E-state index in [1.54, 1.807) is 72.1 Å². The second-order valence-electron chi connectivity index (χ2n) is 11.4. The highest BCUT2D eigenvalue weighted by Crippen LogP contribution is 2.28. The van der Waals surface area contributed by atoms with Crippen molar-refractivity contribution in [1.29, 1.82) is 0 Å². The molecule has 0 aliphatic heterocycles. The quantitative estimate of drug-likeness (QED) is 0.140. The highest BCUT2D eigenvalue weighted by atomic mass is 35.5. The Labute approximate surface area is 265 Å². The standard InChI is InChI=1S/C19H27ClN2O5.C9H17NO4S2/c1-19(2,3)27-18(26)22-15(17(24)25)10-6-9-14(21)16(23)11-12-7-4-5-8-13(12)20;1-9(2,3)14-8(13)6(16-15-4)5(10)7(11)12/h4-5,7-8,14-15H,6,9-11,21H2,1-3H3,(H,22,26)(H,24,25);5-6H,10H2,1-4H3,(H,11,12)/t14?,15-;5-,6?/m00/s1. The number of hydrogen-bond donors (Lipinski definition) is 5. The van der Waals surface area contributed by atoms with Crippen molar-refractivity contribution in [2.75, 3.05) is 6.26 Å². The molecule has 0 fully saturated rings. The lowest BCUT2D eigenvalue weighted by Crippen LogP contribution is -2.46. The van der Waals surface area contributed by atoms with Gasteiger partial charge in [0.2, 0.25) is 0 Å². The van der Waals surface area contributed by atoms with Gasteiger partial charge in [-0.25, -0.2) is 9.59 Å². The Morgan fingerprint density at radius 1 is 0.930 bits per heavy atom. The number of carboxylic acid groups (broad SMARTS) is 2. The van der Waals surface area contributed by atoms with Gasteiger partial charge >= 0.3 is 24.0 Å². The molecule has 1 amide bonds. The highest BCUT2D eigenvalue weighted by Gasteiger charge is 2.34. The highest BCUT2D eigenvalue weighted by molar-refractivity contribution is 8.76. The van der Waals surface area contributed by atoms with Crippen molar-refractivity contribution in [3.05, 3.63) is 34.9 Å². The molecule has 1 rings (SSSR count). The molecule has 0 heterocycles. The first-order valence-electron chi connectivity index (χ1n) is 13.3. The van der Waals surface area contributed by atoms with Crippen LogP contribution in [0.2, 0.25) is 5.02 Å². The van der Waals surface area contributed by atoms with Crippen LogP contribution in [0.4, 0.5) is 4.79 Å². The van der Waals surface area contributed by atoms with Gasteiger partial charge in [-0.3, -0.25) is 14.4 Å². The zero-order valence-corrected chi connectivity index (χ0v) is 27.9. The molecule has 0 aliphatic rings. The maximum absolute atomic E-state index is 12.2. The van der Waals surface area contributed by atoms with E-state index in [2.05, 4.69) is 5.32 Å². The Morgan fingerprint density at radius 2 is 1.49 bits per heavy atom. The van der Waals surface area contributed by atoms with Gasteiger partial charge in [0.25, 0.3) is 0 Å². The van der Waals surface area contributed by atoms with Crippen LogP contribution in [-0.2, 0) is 35.1 Å². The first-order chi connectivity index (χ1) is 19.7. The monoisotopic (exact) mass is 665 g/mol. The average Bonchev–Trinajstić information content (AvgIpc) is 2.85. The molecule has 0 saturated heterocycles. The number of halogens is 1. The second kappa shape index (κ2) is 19.0. The number of amides is 1. The summed E-state index contributed by atoms with van der Waals surface area (Å²) in [6.45, 7) is 10.2. The number of alkyl carbamates (subject to hydrolysis) is 1. The third kappa shape index (κ3) is 18.0. The Kier molecular flexibility index (Phi) is 17.9. The zero-order chi connectivity index (χ0) is 33.5. The van der Waals surface area contributed by atoms with Crippen molar-refractivity contribution in [2.24, 2.45) is 11.5 Å². The fourth-order valence-corrected chi connectivity index (χ4v) is 5.20. The predicted octanol–water partition coefficient (Wildman–Crippen LogP) is 4.05. The van der Waals surface area contributed by atoms with Gasteiger partial charge in [-0.05, 0) is 78.7 Å². The Balaban J connectivity index is 0.000000942. The number of ether oxygens (including phenoxy) is 2. The number of ketones is 1. The smallest absolute Gasteiger partial charge is 0.408 e. The largest absolute Gasteiger partial charge is 0.480 e. The molecule has 244 valence electrons. The molecule has 43 heavy (non-hydrogen) atoms. The van der Waals surface area contributed by atoms with E-state index in [9.17, 15) is 29.1 Å². The summed E-state index contributed by atoms with van der Waals surface area (Å²) in [5, 5.41) is 19.9. The molecule has 7 N–H and O–H groups in total. The van der Waals surface area contributed by atoms with E-state index in [4.69, 9.17) is 37.6 Å². The SMILES string of the molecule is CC(C)(C)OC(=O)N[C@@H](CCCC(N)C(=O)Cc1ccccc1Cl)C(=O)O.CSSC(C(=O)OC(C)(C)C)[C@H](N)C(=O)O. The number of esters is 1. The summed E-state index contributed by atoms with van der Waals surface area (Å²) in [5.74, 6) is -3.15. The van der Waals surface area contributed by atoms with Crippen molar-refractivity contribution in [3.63, 3.8) is 0 Å². The molecule has 4 atom stereocenters. The fourth-order valence-electron chi connectivity index (χ4n) is 3.21. The first kappa shape index (κ1) is 40.5. The molecule has 1 aromatic rings. The van der Waals surface area contributed by atoms with Gasteiger partial charge in [-0.15, -0.1) is 0 Å². The Morgan fingerprint density at radius 3 is 1.95 bits per heavy atom. The van der Waals surface area contributed by atoms with Gasteiger partial charge in [0.15, 0.2) is 5.78 Å². The topological polar surface area (TPSA) is 208 Å². The number of carbonyl (C=O) groups excluding carboxylic acids is 3. The molecule has 0 spiro atoms. The minimum absolute atomic E-state index is 0.124. The lowest BCUT2D eigenvalue weighted by atomic mass is 9.99. The fraction of sp³-hybridized carbons (Fsp3) is 0.607. The van der Waals surface area contributed by atoms with Crippen LogP contribution >= 0.6 is 33.2 Å². The third-order valence-corrected chi connectivity index (χ3v) is 7.64. The van der Waals surface area contributed by atoms with E-state index in [1.165, 1.54) is 10.8 Å². The molecular weight excluding hydrogens is 622 g/mol. The van der Waals surface area contributed by atoms with E-state index < -0.39 is 58.6 Å². The van der Waals surface area contributed by atoms with Crippen LogP contribution in [0.15, 0.2) is 24.3 Å². The Hall–Kier alpha value is -2.52. The van der Waals surface area contributed by atoms with Crippen LogP contribution in [0, 0.1) is 0 Å². The van der Waals surface area contributed by atoms with Crippen LogP contribution in [0.1, 0.15) is 66.4 Å². The van der Waals surface area contributed by atoms with Crippen LogP contribution in [0.5, 0.6) is 0 Å². The zero-order valence-electron chi connectivity index (χ0n) is 25.5. The van der Waals surface area contributed by atoms with Gasteiger partial charge in [0.1, 0.15) is 28.5 Å². The summed E-state index contributed by atoms with van der Waals surface area (Å²) in [6.07, 6.45) is 1.89. The number of aliphatic carboxylic acids is 2. The van der Waals surface area contributed by atoms with Crippen molar-refractivity contribution < 1.29 is 43.7 Å². The van der Waals surface area contributed by atoms with Crippen molar-refractivity contribution >= 4 is 63.0 Å². The number of carbonyl (C=O) groups is 5. The maximum atomic E-state index is 12.2. The number of nitrogens with two attached hydrogens (primary N) is 2. The molecule has 1 aromatic carbocycles. The van der Waals surface area contributed by atoms with E-state index in [1.807, 2.05) is 0 Å². The van der Waals surface area contributed by atoms with E-state index in [-0.39, 0.29) is 18.6 Å². The number of Topliss-reactive ketones (excluding diaryl/α,β-unsaturated/α-hetero) is 1. The lowest BCUT2D eigenvalue weighted by Gasteiger charge is -2.24. The van der Waals surface area contributed by atoms with Crippen LogP contribution in [-0.4, -0.2) is 80.8 Å². The normalized spacial score (nSPS) is 14.2. The summed E-state index contributed by atoms with van der Waals surface area (Å²) in [5.41, 5.74) is 10.7. The summed E-state index contributed by atoms with van der Waals surface area (Å²) in [6, 6.07) is 3.95. The molecule has 15 heteroatoms. The lowest BCUT2D eigenvalue weighted by molar-refractivity contribution is -0.157. The van der Waals surface area contributed by atoms with E-state index in [0.29, 0.717) is 23.4 Å². The van der Waals surface area contributed by atoms with Gasteiger partial charge in [0, 0.05) is 11.4 Å². The minimum Gasteiger partial charge on any atom is -0.480 e. The molecule has 0 radical (unpaired) electrons. The first-order valence-corrected chi connectivity index (χ1v) is 16.3. The van der Waals surface area contributed by atoms with Crippen LogP contribution in [0.3, 0.4) is 0 Å². The minimum atomic E-state index is -1.26. The molecule has 0 bridgehead atoms. The molecule has 12 nitrogen and oxygen atoms in total. The molecule has 0 aliphatic carbocycles. The van der Waals surface area contributed by atoms with Gasteiger partial charge < -0.3 is 36.5 Å². The summed E-state index contributed by atoms with van der Waals surface area (Å²) in [7, 11) is 2.38. The van der Waals surface area contributed by atoms with Gasteiger partial charge in [-0.2, -0.15) is 0 Å². The number of hydrogen-bond acceptors (Lipinski definition) is 11. The molecular formula is C28H44ClN3O9S2. The van der Waals surface area contributed by atoms with Crippen molar-refractivity contribution in [2.45, 2.75) is 102 Å². The van der Waals surface area contributed by atoms with Gasteiger partial charge in [-0.1, -0.05) is 51.4 Å². The predicted molar refractivity (Wildman–Crippen MR) is 169 cm³/mol. The summed E-state index contributed by atoms with van der Waals surface area (Å²) < 4.78 is 10.2.